The van der Waals surface area contributed by atoms with Crippen molar-refractivity contribution >= 4 is 35.3 Å². The maximum absolute atomic E-state index is 15.3. The van der Waals surface area contributed by atoms with Gasteiger partial charge in [0.2, 0.25) is 5.91 Å². The molecule has 1 aliphatic carbocycles. The van der Waals surface area contributed by atoms with Crippen LogP contribution in [0.5, 0.6) is 5.75 Å². The molecular formula is C38H39ClFN5O5. The van der Waals surface area contributed by atoms with Gasteiger partial charge < -0.3 is 14.4 Å². The fraction of sp³-hybridized carbons (Fsp3) is 0.368. The van der Waals surface area contributed by atoms with E-state index in [2.05, 4.69) is 15.5 Å². The fourth-order valence-electron chi connectivity index (χ4n) is 6.87. The second-order valence-electron chi connectivity index (χ2n) is 12.6. The molecule has 3 aromatic carbocycles. The van der Waals surface area contributed by atoms with Gasteiger partial charge in [-0.1, -0.05) is 68.0 Å². The van der Waals surface area contributed by atoms with Gasteiger partial charge in [0.15, 0.2) is 11.6 Å². The third-order valence-electron chi connectivity index (χ3n) is 9.42. The summed E-state index contributed by atoms with van der Waals surface area (Å²) in [5.74, 6) is -0.466. The monoisotopic (exact) mass is 699 g/mol. The number of Topliss-reactive ketones (excluding diaryl/α,β-unsaturated/α-hetero) is 1. The number of benzene rings is 3. The highest BCUT2D eigenvalue weighted by molar-refractivity contribution is 6.31. The van der Waals surface area contributed by atoms with Crippen molar-refractivity contribution in [1.29, 1.82) is 0 Å². The molecule has 50 heavy (non-hydrogen) atoms. The molecule has 0 spiro atoms. The molecule has 12 heteroatoms. The van der Waals surface area contributed by atoms with E-state index in [0.29, 0.717) is 41.3 Å². The molecule has 2 heterocycles. The Labute approximate surface area is 295 Å². The van der Waals surface area contributed by atoms with E-state index in [1.165, 1.54) is 66.2 Å². The summed E-state index contributed by atoms with van der Waals surface area (Å²) in [6.45, 7) is 2.83. The smallest absolute Gasteiger partial charge is 0.338 e. The zero-order valence-corrected chi connectivity index (χ0v) is 28.7. The third kappa shape index (κ3) is 7.94. The van der Waals surface area contributed by atoms with Crippen LogP contribution >= 0.6 is 11.6 Å². The lowest BCUT2D eigenvalue weighted by atomic mass is 9.87. The van der Waals surface area contributed by atoms with E-state index in [1.54, 1.807) is 37.3 Å². The van der Waals surface area contributed by atoms with E-state index in [9.17, 15) is 14.4 Å². The van der Waals surface area contributed by atoms with Gasteiger partial charge in [0.25, 0.3) is 0 Å². The molecule has 10 nitrogen and oxygen atoms in total. The molecule has 1 amide bonds. The maximum atomic E-state index is 15.3. The van der Waals surface area contributed by atoms with Crippen LogP contribution in [0.2, 0.25) is 5.02 Å². The van der Waals surface area contributed by atoms with Gasteiger partial charge in [-0.2, -0.15) is 4.68 Å². The minimum atomic E-state index is -0.925. The lowest BCUT2D eigenvalue weighted by Gasteiger charge is -2.36. The van der Waals surface area contributed by atoms with E-state index in [-0.39, 0.29) is 35.9 Å². The van der Waals surface area contributed by atoms with Crippen molar-refractivity contribution in [2.45, 2.75) is 64.3 Å². The highest BCUT2D eigenvalue weighted by Crippen LogP contribution is 2.37. The van der Waals surface area contributed by atoms with E-state index in [0.717, 1.165) is 17.7 Å². The van der Waals surface area contributed by atoms with Crippen molar-refractivity contribution in [2.75, 3.05) is 19.8 Å². The Morgan fingerprint density at radius 3 is 2.58 bits per heavy atom. The number of ether oxygens (including phenoxy) is 2. The molecule has 1 saturated carbocycles. The molecular weight excluding hydrogens is 661 g/mol. The molecule has 1 fully saturated rings. The van der Waals surface area contributed by atoms with Gasteiger partial charge in [0.05, 0.1) is 29.5 Å². The molecule has 4 aromatic rings. The van der Waals surface area contributed by atoms with Crippen LogP contribution in [-0.4, -0.2) is 62.5 Å². The number of esters is 1. The van der Waals surface area contributed by atoms with Crippen molar-refractivity contribution in [2.24, 2.45) is 5.92 Å². The Bertz CT molecular complexity index is 1860. The lowest BCUT2D eigenvalue weighted by molar-refractivity contribution is -0.136. The Balaban J connectivity index is 1.28. The number of carbonyl (C=O) groups is 3. The normalized spacial score (nSPS) is 16.3. The van der Waals surface area contributed by atoms with Crippen LogP contribution < -0.4 is 4.74 Å². The molecule has 1 aliphatic heterocycles. The highest BCUT2D eigenvalue weighted by Gasteiger charge is 2.36. The molecule has 260 valence electrons. The van der Waals surface area contributed by atoms with Gasteiger partial charge in [-0.15, -0.1) is 5.10 Å². The van der Waals surface area contributed by atoms with Gasteiger partial charge in [-0.05, 0) is 83.6 Å². The molecule has 0 radical (unpaired) electrons. The predicted molar refractivity (Wildman–Crippen MR) is 186 cm³/mol. The van der Waals surface area contributed by atoms with Crippen LogP contribution in [0.4, 0.5) is 4.39 Å². The number of nitrogens with zero attached hydrogens (tertiary/aromatic N) is 5. The summed E-state index contributed by atoms with van der Waals surface area (Å²) in [4.78, 5) is 41.9. The second kappa shape index (κ2) is 16.2. The van der Waals surface area contributed by atoms with E-state index in [4.69, 9.17) is 21.1 Å². The fourth-order valence-corrected chi connectivity index (χ4v) is 7.04. The summed E-state index contributed by atoms with van der Waals surface area (Å²) < 4.78 is 28.0. The van der Waals surface area contributed by atoms with Crippen molar-refractivity contribution < 1.29 is 28.2 Å². The van der Waals surface area contributed by atoms with E-state index < -0.39 is 23.7 Å². The lowest BCUT2D eigenvalue weighted by Crippen LogP contribution is -2.43. The van der Waals surface area contributed by atoms with Crippen molar-refractivity contribution in [1.82, 2.24) is 25.1 Å². The second-order valence-corrected chi connectivity index (χ2v) is 13.0. The van der Waals surface area contributed by atoms with Crippen LogP contribution in [0, 0.1) is 11.7 Å². The summed E-state index contributed by atoms with van der Waals surface area (Å²) >= 11 is 6.10. The molecule has 1 atom stereocenters. The number of halogens is 2. The Morgan fingerprint density at radius 2 is 1.84 bits per heavy atom. The zero-order chi connectivity index (χ0) is 35.0. The van der Waals surface area contributed by atoms with Crippen LogP contribution in [0.15, 0.2) is 67.0 Å². The number of amides is 1. The first-order valence-electron chi connectivity index (χ1n) is 17.1. The number of fused-ring (bicyclic) bond motifs is 1. The van der Waals surface area contributed by atoms with Gasteiger partial charge in [0, 0.05) is 30.2 Å². The molecule has 0 N–H and O–H groups in total. The number of tetrazole rings is 1. The predicted octanol–water partition coefficient (Wildman–Crippen LogP) is 6.93. The van der Waals surface area contributed by atoms with Gasteiger partial charge >= 0.3 is 5.97 Å². The first-order chi connectivity index (χ1) is 24.3. The van der Waals surface area contributed by atoms with E-state index in [1.807, 2.05) is 18.2 Å². The number of carbonyl (C=O) groups excluding carboxylic acids is 3. The summed E-state index contributed by atoms with van der Waals surface area (Å²) in [6, 6.07) is 14.3. The Kier molecular flexibility index (Phi) is 11.3. The maximum Gasteiger partial charge on any atom is 0.338 e. The summed E-state index contributed by atoms with van der Waals surface area (Å²) in [7, 11) is 0. The van der Waals surface area contributed by atoms with Gasteiger partial charge in [0.1, 0.15) is 18.1 Å². The number of rotatable bonds is 12. The first-order valence-corrected chi connectivity index (χ1v) is 17.4. The zero-order valence-electron chi connectivity index (χ0n) is 27.9. The average molecular weight is 700 g/mol. The van der Waals surface area contributed by atoms with Crippen molar-refractivity contribution in [3.63, 3.8) is 0 Å². The third-order valence-corrected chi connectivity index (χ3v) is 9.71. The molecule has 6 rings (SSSR count). The largest absolute Gasteiger partial charge is 0.493 e. The molecule has 1 aromatic heterocycles. The number of hydrogen-bond acceptors (Lipinski definition) is 8. The van der Waals surface area contributed by atoms with Crippen LogP contribution in [-0.2, 0) is 27.2 Å². The quantitative estimate of drug-likeness (QED) is 0.115. The van der Waals surface area contributed by atoms with Crippen molar-refractivity contribution in [3.8, 4) is 11.4 Å². The Hall–Kier alpha value is -4.90. The van der Waals surface area contributed by atoms with E-state index >= 15 is 4.39 Å². The van der Waals surface area contributed by atoms with Crippen LogP contribution in [0.3, 0.4) is 0 Å². The summed E-state index contributed by atoms with van der Waals surface area (Å²) in [5.41, 5.74) is 2.99. The average Bonchev–Trinajstić information content (AvgIpc) is 3.67. The number of hydrogen-bond donors (Lipinski definition) is 0. The molecule has 2 aliphatic rings. The number of ketones is 1. The molecule has 0 unspecified atom stereocenters. The Morgan fingerprint density at radius 1 is 1.04 bits per heavy atom. The van der Waals surface area contributed by atoms with Crippen molar-refractivity contribution in [3.05, 3.63) is 106 Å². The SMILES string of the molecule is CCOC(=O)c1ccc(CC(=O)[C@@H]2c3cccc(OCCC4CCCCC4)c3CCN2C(=O)/C=C/c2c(-n3cnnn3)ccc(Cl)c2F)cc1. The minimum absolute atomic E-state index is 0.0137. The van der Waals surface area contributed by atoms with Crippen LogP contribution in [0.1, 0.15) is 84.1 Å². The minimum Gasteiger partial charge on any atom is -0.493 e. The molecule has 0 saturated heterocycles. The summed E-state index contributed by atoms with van der Waals surface area (Å²) in [6.07, 6.45) is 11.7. The number of aromatic nitrogens is 4. The molecule has 0 bridgehead atoms. The summed E-state index contributed by atoms with van der Waals surface area (Å²) in [5, 5.41) is 11.0. The van der Waals surface area contributed by atoms with Gasteiger partial charge in [-0.3, -0.25) is 9.59 Å². The van der Waals surface area contributed by atoms with Gasteiger partial charge in [-0.25, -0.2) is 9.18 Å². The topological polar surface area (TPSA) is 117 Å². The highest BCUT2D eigenvalue weighted by atomic mass is 35.5. The first kappa shape index (κ1) is 34.9. The standard InChI is InChI=1S/C38H39ClFN5O5/c1-2-49-38(48)27-13-11-26(12-14-27)23-33(46)37-29-9-6-10-34(50-22-20-25-7-4-3-5-8-25)28(29)19-21-44(37)35(47)18-15-30-32(45-24-41-42-43-45)17-16-31(39)36(30)40/h6,9-18,24-25,37H,2-5,7-8,19-23H2,1H3/b18-15+/t37-/m0/s1. The van der Waals surface area contributed by atoms with Crippen LogP contribution in [0.25, 0.3) is 11.8 Å².